The molecule has 0 aliphatic carbocycles. The molecule has 3 nitrogen and oxygen atoms in total. The van der Waals surface area contributed by atoms with E-state index in [1.165, 1.54) is 7.11 Å². The van der Waals surface area contributed by atoms with Crippen molar-refractivity contribution in [3.8, 4) is 0 Å². The quantitative estimate of drug-likeness (QED) is 0.691. The number of methoxy groups -OCH3 is 1. The summed E-state index contributed by atoms with van der Waals surface area (Å²) >= 11 is 0. The van der Waals surface area contributed by atoms with Crippen molar-refractivity contribution in [3.63, 3.8) is 0 Å². The van der Waals surface area contributed by atoms with E-state index < -0.39 is 12.3 Å². The molecule has 0 radical (unpaired) electrons. The second-order valence-electron chi connectivity index (χ2n) is 2.75. The Morgan fingerprint density at radius 2 is 2.15 bits per heavy atom. The zero-order chi connectivity index (χ0) is 10.3. The van der Waals surface area contributed by atoms with Gasteiger partial charge in [-0.25, -0.2) is 0 Å². The average Bonchev–Trinajstić information content (AvgIpc) is 2.05. The van der Waals surface area contributed by atoms with Crippen LogP contribution in [0.25, 0.3) is 0 Å². The van der Waals surface area contributed by atoms with Crippen LogP contribution in [0.5, 0.6) is 0 Å². The summed E-state index contributed by atoms with van der Waals surface area (Å²) in [5, 5.41) is 2.20. The van der Waals surface area contributed by atoms with Crippen molar-refractivity contribution in [2.75, 3.05) is 13.7 Å². The summed E-state index contributed by atoms with van der Waals surface area (Å²) in [5.74, 6) is -1.23. The largest absolute Gasteiger partial charge is 0.383 e. The van der Waals surface area contributed by atoms with Gasteiger partial charge >= 0.3 is 6.43 Å². The van der Waals surface area contributed by atoms with E-state index in [0.29, 0.717) is 6.42 Å². The molecule has 0 saturated heterocycles. The highest BCUT2D eigenvalue weighted by molar-refractivity contribution is 5.79. The molecule has 1 unspecified atom stereocenters. The molecular formula is C8H15F2NO2. The van der Waals surface area contributed by atoms with Crippen molar-refractivity contribution in [1.29, 1.82) is 0 Å². The fourth-order valence-corrected chi connectivity index (χ4v) is 1.01. The van der Waals surface area contributed by atoms with E-state index in [4.69, 9.17) is 4.74 Å². The molecule has 0 aromatic heterocycles. The molecule has 1 N–H and O–H groups in total. The predicted octanol–water partition coefficient (Wildman–Crippen LogP) is 1.18. The second kappa shape index (κ2) is 6.77. The van der Waals surface area contributed by atoms with Crippen LogP contribution in [-0.4, -0.2) is 32.1 Å². The molecule has 0 aliphatic rings. The zero-order valence-electron chi connectivity index (χ0n) is 7.85. The molecule has 0 aromatic rings. The summed E-state index contributed by atoms with van der Waals surface area (Å²) in [7, 11) is 1.47. The van der Waals surface area contributed by atoms with Crippen LogP contribution in [0, 0.1) is 0 Å². The number of amides is 1. The van der Waals surface area contributed by atoms with E-state index in [1.54, 1.807) is 0 Å². The van der Waals surface area contributed by atoms with E-state index in [-0.39, 0.29) is 12.6 Å². The molecular weight excluding hydrogens is 180 g/mol. The van der Waals surface area contributed by atoms with Crippen molar-refractivity contribution in [2.45, 2.75) is 32.2 Å². The van der Waals surface area contributed by atoms with Gasteiger partial charge < -0.3 is 10.1 Å². The van der Waals surface area contributed by atoms with Gasteiger partial charge in [0, 0.05) is 7.11 Å². The van der Waals surface area contributed by atoms with Gasteiger partial charge in [0.15, 0.2) is 0 Å². The van der Waals surface area contributed by atoms with Crippen molar-refractivity contribution in [1.82, 2.24) is 5.32 Å². The maximum absolute atomic E-state index is 11.8. The van der Waals surface area contributed by atoms with Gasteiger partial charge in [-0.15, -0.1) is 0 Å². The van der Waals surface area contributed by atoms with E-state index in [0.717, 1.165) is 6.42 Å². The van der Waals surface area contributed by atoms with Crippen LogP contribution in [0.15, 0.2) is 0 Å². The summed E-state index contributed by atoms with van der Waals surface area (Å²) in [4.78, 5) is 10.6. The Morgan fingerprint density at radius 1 is 1.54 bits per heavy atom. The normalized spacial score (nSPS) is 13.0. The van der Waals surface area contributed by atoms with Crippen LogP contribution in [0.3, 0.4) is 0 Å². The third-order valence-electron chi connectivity index (χ3n) is 1.55. The second-order valence-corrected chi connectivity index (χ2v) is 2.75. The van der Waals surface area contributed by atoms with Gasteiger partial charge in [-0.3, -0.25) is 4.79 Å². The monoisotopic (exact) mass is 195 g/mol. The molecule has 13 heavy (non-hydrogen) atoms. The first-order valence-electron chi connectivity index (χ1n) is 4.19. The minimum Gasteiger partial charge on any atom is -0.383 e. The number of halogens is 2. The number of hydrogen-bond donors (Lipinski definition) is 1. The molecule has 5 heteroatoms. The van der Waals surface area contributed by atoms with E-state index in [2.05, 4.69) is 5.32 Å². The van der Waals surface area contributed by atoms with Crippen LogP contribution < -0.4 is 5.32 Å². The molecule has 0 spiro atoms. The number of hydrogen-bond acceptors (Lipinski definition) is 2. The van der Waals surface area contributed by atoms with Crippen molar-refractivity contribution in [2.24, 2.45) is 0 Å². The topological polar surface area (TPSA) is 38.3 Å². The van der Waals surface area contributed by atoms with Crippen molar-refractivity contribution >= 4 is 5.91 Å². The fourth-order valence-electron chi connectivity index (χ4n) is 1.01. The fraction of sp³-hybridized carbons (Fsp3) is 0.875. The first-order valence-corrected chi connectivity index (χ1v) is 4.19. The number of carbonyl (C=O) groups excluding carboxylic acids is 1. The minimum absolute atomic E-state index is 0.270. The number of carbonyl (C=O) groups is 1. The van der Waals surface area contributed by atoms with Gasteiger partial charge in [0.05, 0.1) is 12.6 Å². The molecule has 0 bridgehead atoms. The Hall–Kier alpha value is -0.710. The molecule has 0 rings (SSSR count). The lowest BCUT2D eigenvalue weighted by Crippen LogP contribution is -2.41. The number of ether oxygens (including phenoxy) is 1. The highest BCUT2D eigenvalue weighted by Gasteiger charge is 2.18. The highest BCUT2D eigenvalue weighted by Crippen LogP contribution is 1.99. The number of alkyl halides is 2. The van der Waals surface area contributed by atoms with E-state index in [1.807, 2.05) is 6.92 Å². The first kappa shape index (κ1) is 12.3. The van der Waals surface area contributed by atoms with E-state index in [9.17, 15) is 13.6 Å². The van der Waals surface area contributed by atoms with Crippen LogP contribution in [-0.2, 0) is 9.53 Å². The Labute approximate surface area is 76.4 Å². The predicted molar refractivity (Wildman–Crippen MR) is 44.7 cm³/mol. The van der Waals surface area contributed by atoms with Crippen LogP contribution in [0.1, 0.15) is 19.8 Å². The number of rotatable bonds is 6. The molecule has 78 valence electrons. The van der Waals surface area contributed by atoms with Gasteiger partial charge in [-0.1, -0.05) is 13.3 Å². The van der Waals surface area contributed by atoms with Crippen LogP contribution in [0.4, 0.5) is 8.78 Å². The summed E-state index contributed by atoms with van der Waals surface area (Å²) in [5.41, 5.74) is 0. The van der Waals surface area contributed by atoms with Gasteiger partial charge in [0.25, 0.3) is 5.91 Å². The van der Waals surface area contributed by atoms with Gasteiger partial charge in [0.1, 0.15) is 0 Å². The minimum atomic E-state index is -2.95. The third-order valence-corrected chi connectivity index (χ3v) is 1.55. The maximum atomic E-state index is 11.8. The highest BCUT2D eigenvalue weighted by atomic mass is 19.3. The van der Waals surface area contributed by atoms with Crippen molar-refractivity contribution in [3.05, 3.63) is 0 Å². The van der Waals surface area contributed by atoms with E-state index >= 15 is 0 Å². The summed E-state index contributed by atoms with van der Waals surface area (Å²) < 4.78 is 28.4. The Balaban J connectivity index is 3.86. The molecule has 1 amide bonds. The summed E-state index contributed by atoms with van der Waals surface area (Å²) in [6.45, 7) is 2.18. The Bertz CT molecular complexity index is 147. The van der Waals surface area contributed by atoms with Crippen molar-refractivity contribution < 1.29 is 18.3 Å². The van der Waals surface area contributed by atoms with Gasteiger partial charge in [-0.2, -0.15) is 8.78 Å². The first-order chi connectivity index (χ1) is 6.11. The average molecular weight is 195 g/mol. The summed E-state index contributed by atoms with van der Waals surface area (Å²) in [6, 6.07) is -0.309. The smallest absolute Gasteiger partial charge is 0.315 e. The lowest BCUT2D eigenvalue weighted by atomic mass is 10.2. The lowest BCUT2D eigenvalue weighted by Gasteiger charge is -2.16. The zero-order valence-corrected chi connectivity index (χ0v) is 7.85. The van der Waals surface area contributed by atoms with Gasteiger partial charge in [-0.05, 0) is 6.42 Å². The Morgan fingerprint density at radius 3 is 2.54 bits per heavy atom. The number of nitrogens with one attached hydrogen (secondary N) is 1. The Kier molecular flexibility index (Phi) is 6.40. The molecule has 1 atom stereocenters. The van der Waals surface area contributed by atoms with Gasteiger partial charge in [0.2, 0.25) is 0 Å². The lowest BCUT2D eigenvalue weighted by molar-refractivity contribution is -0.132. The third kappa shape index (κ3) is 5.52. The molecule has 0 fully saturated rings. The van der Waals surface area contributed by atoms with Crippen LogP contribution >= 0.6 is 0 Å². The molecule has 0 aromatic carbocycles. The maximum Gasteiger partial charge on any atom is 0.315 e. The summed E-state index contributed by atoms with van der Waals surface area (Å²) in [6.07, 6.45) is -1.49. The standard InChI is InChI=1S/C8H15F2NO2/c1-3-4-6(5-13-2)11-8(12)7(9)10/h6-7H,3-5H2,1-2H3,(H,11,12). The molecule has 0 heterocycles. The van der Waals surface area contributed by atoms with Crippen LogP contribution in [0.2, 0.25) is 0 Å². The molecule has 0 aliphatic heterocycles. The SMILES string of the molecule is CCCC(COC)NC(=O)C(F)F. The molecule has 0 saturated carbocycles.